The van der Waals surface area contributed by atoms with E-state index in [2.05, 4.69) is 25.9 Å². The van der Waals surface area contributed by atoms with E-state index in [-0.39, 0.29) is 24.1 Å². The number of aromatic amines is 1. The van der Waals surface area contributed by atoms with Crippen LogP contribution in [0.15, 0.2) is 33.5 Å². The van der Waals surface area contributed by atoms with Crippen LogP contribution in [-0.2, 0) is 22.4 Å². The van der Waals surface area contributed by atoms with E-state index in [1.165, 1.54) is 0 Å². The summed E-state index contributed by atoms with van der Waals surface area (Å²) in [6.45, 7) is 1.85. The molecule has 1 heterocycles. The second-order valence-corrected chi connectivity index (χ2v) is 6.03. The lowest BCUT2D eigenvalue weighted by atomic mass is 10.1. The lowest BCUT2D eigenvalue weighted by Crippen LogP contribution is -2.20. The van der Waals surface area contributed by atoms with Crippen LogP contribution >= 0.6 is 15.9 Å². The van der Waals surface area contributed by atoms with Crippen molar-refractivity contribution in [3.8, 4) is 0 Å². The number of nitrogens with two attached hydrogens (primary N) is 1. The van der Waals surface area contributed by atoms with Crippen LogP contribution in [-0.4, -0.2) is 22.5 Å². The van der Waals surface area contributed by atoms with Crippen LogP contribution in [0.2, 0.25) is 0 Å². The van der Waals surface area contributed by atoms with Crippen LogP contribution in [0.1, 0.15) is 23.2 Å². The Morgan fingerprint density at radius 1 is 1.39 bits per heavy atom. The number of nitrogen functional groups attached to an aromatic ring is 1. The quantitative estimate of drug-likeness (QED) is 0.749. The number of nitrogens with one attached hydrogen (secondary N) is 1. The predicted octanol–water partition coefficient (Wildman–Crippen LogP) is 2.14. The molecule has 3 N–H and O–H groups in total. The topological polar surface area (TPSA) is 98.1 Å². The van der Waals surface area contributed by atoms with E-state index >= 15 is 0 Å². The monoisotopic (exact) mass is 379 g/mol. The van der Waals surface area contributed by atoms with Crippen molar-refractivity contribution in [2.75, 3.05) is 12.3 Å². The molecule has 23 heavy (non-hydrogen) atoms. The summed E-state index contributed by atoms with van der Waals surface area (Å²) in [5.41, 5.74) is 7.26. The summed E-state index contributed by atoms with van der Waals surface area (Å²) in [4.78, 5) is 29.9. The lowest BCUT2D eigenvalue weighted by Gasteiger charge is -2.07. The SMILES string of the molecule is Cc1nc(N)[nH]c(=O)c1CCOC(=O)CCc1cccc(Br)c1. The summed E-state index contributed by atoms with van der Waals surface area (Å²) < 4.78 is 6.16. The van der Waals surface area contributed by atoms with Crippen LogP contribution in [0.4, 0.5) is 5.95 Å². The summed E-state index contributed by atoms with van der Waals surface area (Å²) in [5.74, 6) is -0.204. The van der Waals surface area contributed by atoms with Gasteiger partial charge < -0.3 is 10.5 Å². The molecule has 1 aromatic carbocycles. The molecule has 122 valence electrons. The molecule has 0 aliphatic carbocycles. The first-order chi connectivity index (χ1) is 11.0. The molecule has 6 nitrogen and oxygen atoms in total. The van der Waals surface area contributed by atoms with Crippen molar-refractivity contribution in [3.63, 3.8) is 0 Å². The first kappa shape index (κ1) is 17.2. The number of benzene rings is 1. The number of ether oxygens (including phenoxy) is 1. The van der Waals surface area contributed by atoms with Gasteiger partial charge in [0.1, 0.15) is 0 Å². The van der Waals surface area contributed by atoms with Crippen molar-refractivity contribution in [2.24, 2.45) is 0 Å². The van der Waals surface area contributed by atoms with Gasteiger partial charge in [-0.1, -0.05) is 28.1 Å². The number of rotatable bonds is 6. The number of aromatic nitrogens is 2. The number of carbonyl (C=O) groups excluding carboxylic acids is 1. The zero-order chi connectivity index (χ0) is 16.8. The molecule has 0 saturated carbocycles. The van der Waals surface area contributed by atoms with E-state index in [1.807, 2.05) is 24.3 Å². The summed E-state index contributed by atoms with van der Waals surface area (Å²) in [5, 5.41) is 0. The number of esters is 1. The molecular formula is C16H18BrN3O3. The maximum atomic E-state index is 11.8. The second kappa shape index (κ2) is 7.92. The fraction of sp³-hybridized carbons (Fsp3) is 0.312. The van der Waals surface area contributed by atoms with Gasteiger partial charge in [-0.3, -0.25) is 14.6 Å². The van der Waals surface area contributed by atoms with Crippen LogP contribution in [0.5, 0.6) is 0 Å². The van der Waals surface area contributed by atoms with Gasteiger partial charge >= 0.3 is 5.97 Å². The van der Waals surface area contributed by atoms with E-state index < -0.39 is 0 Å². The van der Waals surface area contributed by atoms with E-state index in [0.29, 0.717) is 30.5 Å². The van der Waals surface area contributed by atoms with Gasteiger partial charge in [0, 0.05) is 22.9 Å². The minimum Gasteiger partial charge on any atom is -0.465 e. The Morgan fingerprint density at radius 2 is 2.17 bits per heavy atom. The smallest absolute Gasteiger partial charge is 0.306 e. The van der Waals surface area contributed by atoms with Gasteiger partial charge in [0.15, 0.2) is 0 Å². The molecule has 2 rings (SSSR count). The first-order valence-electron chi connectivity index (χ1n) is 7.21. The van der Waals surface area contributed by atoms with Crippen LogP contribution < -0.4 is 11.3 Å². The van der Waals surface area contributed by atoms with Gasteiger partial charge in [0.25, 0.3) is 5.56 Å². The van der Waals surface area contributed by atoms with Crippen LogP contribution in [0.3, 0.4) is 0 Å². The van der Waals surface area contributed by atoms with Crippen LogP contribution in [0, 0.1) is 6.92 Å². The Morgan fingerprint density at radius 3 is 2.87 bits per heavy atom. The molecule has 0 aliphatic heterocycles. The zero-order valence-corrected chi connectivity index (χ0v) is 14.4. The predicted molar refractivity (Wildman–Crippen MR) is 91.1 cm³/mol. The molecule has 0 fully saturated rings. The third kappa shape index (κ3) is 5.21. The number of nitrogens with zero attached hydrogens (tertiary/aromatic N) is 1. The highest BCUT2D eigenvalue weighted by Crippen LogP contribution is 2.13. The van der Waals surface area contributed by atoms with Crippen molar-refractivity contribution in [3.05, 3.63) is 55.9 Å². The number of anilines is 1. The van der Waals surface area contributed by atoms with E-state index in [4.69, 9.17) is 10.5 Å². The van der Waals surface area contributed by atoms with Gasteiger partial charge in [-0.2, -0.15) is 0 Å². The molecule has 0 aliphatic rings. The van der Waals surface area contributed by atoms with Crippen molar-refractivity contribution >= 4 is 27.8 Å². The summed E-state index contributed by atoms with van der Waals surface area (Å²) in [6.07, 6.45) is 1.23. The molecule has 0 bridgehead atoms. The number of aryl methyl sites for hydroxylation is 2. The maximum Gasteiger partial charge on any atom is 0.306 e. The Bertz CT molecular complexity index is 758. The Labute approximate surface area is 142 Å². The van der Waals surface area contributed by atoms with E-state index in [0.717, 1.165) is 10.0 Å². The third-order valence-corrected chi connectivity index (χ3v) is 3.86. The highest BCUT2D eigenvalue weighted by Gasteiger charge is 2.09. The average molecular weight is 380 g/mol. The highest BCUT2D eigenvalue weighted by atomic mass is 79.9. The zero-order valence-electron chi connectivity index (χ0n) is 12.8. The van der Waals surface area contributed by atoms with Gasteiger partial charge in [-0.15, -0.1) is 0 Å². The molecular weight excluding hydrogens is 362 g/mol. The number of H-pyrrole nitrogens is 1. The van der Waals surface area contributed by atoms with Crippen molar-refractivity contribution in [1.82, 2.24) is 9.97 Å². The second-order valence-electron chi connectivity index (χ2n) is 5.12. The van der Waals surface area contributed by atoms with Gasteiger partial charge in [-0.05, 0) is 31.0 Å². The Kier molecular flexibility index (Phi) is 5.92. The Hall–Kier alpha value is -2.15. The molecule has 7 heteroatoms. The summed E-state index contributed by atoms with van der Waals surface area (Å²) >= 11 is 3.39. The largest absolute Gasteiger partial charge is 0.465 e. The van der Waals surface area contributed by atoms with Crippen LogP contribution in [0.25, 0.3) is 0 Å². The van der Waals surface area contributed by atoms with Gasteiger partial charge in [0.05, 0.1) is 12.3 Å². The third-order valence-electron chi connectivity index (χ3n) is 3.36. The number of hydrogen-bond donors (Lipinski definition) is 2. The summed E-state index contributed by atoms with van der Waals surface area (Å²) in [7, 11) is 0. The minimum atomic E-state index is -0.291. The molecule has 0 saturated heterocycles. The van der Waals surface area contributed by atoms with Crippen molar-refractivity contribution in [2.45, 2.75) is 26.2 Å². The fourth-order valence-electron chi connectivity index (χ4n) is 2.20. The van der Waals surface area contributed by atoms with Crippen molar-refractivity contribution in [1.29, 1.82) is 0 Å². The first-order valence-corrected chi connectivity index (χ1v) is 8.00. The lowest BCUT2D eigenvalue weighted by molar-refractivity contribution is -0.143. The van der Waals surface area contributed by atoms with E-state index in [1.54, 1.807) is 6.92 Å². The fourth-order valence-corrected chi connectivity index (χ4v) is 2.65. The molecule has 0 radical (unpaired) electrons. The van der Waals surface area contributed by atoms with Crippen molar-refractivity contribution < 1.29 is 9.53 Å². The molecule has 0 atom stereocenters. The number of halogens is 1. The molecule has 2 aromatic rings. The molecule has 1 aromatic heterocycles. The summed E-state index contributed by atoms with van der Waals surface area (Å²) in [6, 6.07) is 7.79. The maximum absolute atomic E-state index is 11.8. The molecule has 0 unspecified atom stereocenters. The number of carbonyl (C=O) groups is 1. The van der Waals surface area contributed by atoms with Gasteiger partial charge in [-0.25, -0.2) is 4.98 Å². The molecule has 0 amide bonds. The molecule has 0 spiro atoms. The minimum absolute atomic E-state index is 0.0854. The average Bonchev–Trinajstić information content (AvgIpc) is 2.48. The van der Waals surface area contributed by atoms with E-state index in [9.17, 15) is 9.59 Å². The normalized spacial score (nSPS) is 10.5. The Balaban J connectivity index is 1.80. The van der Waals surface area contributed by atoms with Gasteiger partial charge in [0.2, 0.25) is 5.95 Å². The standard InChI is InChI=1S/C16H18BrN3O3/c1-10-13(15(22)20-16(18)19-10)7-8-23-14(21)6-5-11-3-2-4-12(17)9-11/h2-4,9H,5-8H2,1H3,(H3,18,19,20,22). The highest BCUT2D eigenvalue weighted by molar-refractivity contribution is 9.10. The number of hydrogen-bond acceptors (Lipinski definition) is 5.